The maximum Gasteiger partial charge on any atom is 0.337 e. The molecular weight excluding hydrogens is 417 g/mol. The van der Waals surface area contributed by atoms with Gasteiger partial charge in [-0.25, -0.2) is 9.18 Å². The second-order valence-electron chi connectivity index (χ2n) is 8.10. The number of carbonyl (C=O) groups excluding carboxylic acids is 1. The van der Waals surface area contributed by atoms with E-state index in [9.17, 15) is 9.18 Å². The highest BCUT2D eigenvalue weighted by Gasteiger charge is 2.27. The van der Waals surface area contributed by atoms with E-state index in [1.165, 1.54) is 13.2 Å². The molecule has 5 nitrogen and oxygen atoms in total. The van der Waals surface area contributed by atoms with Gasteiger partial charge in [-0.15, -0.1) is 0 Å². The molecule has 3 rings (SSSR count). The molecule has 1 heterocycles. The first-order valence-electron chi connectivity index (χ1n) is 10.8. The summed E-state index contributed by atoms with van der Waals surface area (Å²) in [5.74, 6) is -0.643. The summed E-state index contributed by atoms with van der Waals surface area (Å²) in [6, 6.07) is 12.7. The van der Waals surface area contributed by atoms with Gasteiger partial charge in [0, 0.05) is 48.0 Å². The van der Waals surface area contributed by atoms with Crippen LogP contribution >= 0.6 is 11.6 Å². The summed E-state index contributed by atoms with van der Waals surface area (Å²) in [5, 5.41) is 0.516. The van der Waals surface area contributed by atoms with Crippen molar-refractivity contribution in [2.24, 2.45) is 5.73 Å². The predicted octanol–water partition coefficient (Wildman–Crippen LogP) is 4.47. The van der Waals surface area contributed by atoms with Gasteiger partial charge in [-0.1, -0.05) is 11.6 Å². The first kappa shape index (κ1) is 23.5. The average molecular weight is 448 g/mol. The number of hydrogen-bond acceptors (Lipinski definition) is 5. The van der Waals surface area contributed by atoms with E-state index in [0.717, 1.165) is 38.0 Å². The van der Waals surface area contributed by atoms with Crippen LogP contribution in [0.1, 0.15) is 42.1 Å². The van der Waals surface area contributed by atoms with Gasteiger partial charge in [0.15, 0.2) is 0 Å². The molecular formula is C24H31ClFN3O2. The van der Waals surface area contributed by atoms with Crippen LogP contribution in [0.5, 0.6) is 0 Å². The third-order valence-corrected chi connectivity index (χ3v) is 6.35. The lowest BCUT2D eigenvalue weighted by atomic mass is 9.99. The van der Waals surface area contributed by atoms with Crippen LogP contribution in [0.15, 0.2) is 42.5 Å². The molecule has 0 spiro atoms. The normalized spacial score (nSPS) is 16.2. The van der Waals surface area contributed by atoms with E-state index in [4.69, 9.17) is 22.1 Å². The van der Waals surface area contributed by atoms with Crippen LogP contribution in [0.4, 0.5) is 10.1 Å². The average Bonchev–Trinajstić information content (AvgIpc) is 2.79. The fraction of sp³-hybridized carbons (Fsp3) is 0.458. The van der Waals surface area contributed by atoms with Crippen molar-refractivity contribution in [3.05, 3.63) is 64.4 Å². The Kier molecular flexibility index (Phi) is 8.29. The summed E-state index contributed by atoms with van der Waals surface area (Å²) in [7, 11) is 1.36. The number of likely N-dealkylation sites (tertiary alicyclic amines) is 1. The molecule has 1 fully saturated rings. The van der Waals surface area contributed by atoms with Gasteiger partial charge in [0.2, 0.25) is 0 Å². The largest absolute Gasteiger partial charge is 0.465 e. The van der Waals surface area contributed by atoms with E-state index in [0.29, 0.717) is 35.3 Å². The topological polar surface area (TPSA) is 58.8 Å². The molecule has 1 aliphatic heterocycles. The molecule has 0 aromatic heterocycles. The van der Waals surface area contributed by atoms with E-state index in [-0.39, 0.29) is 17.8 Å². The van der Waals surface area contributed by atoms with Crippen molar-refractivity contribution in [2.45, 2.75) is 44.8 Å². The molecule has 7 heteroatoms. The zero-order valence-corrected chi connectivity index (χ0v) is 18.9. The number of carbonyl (C=O) groups is 1. The van der Waals surface area contributed by atoms with Crippen molar-refractivity contribution in [3.63, 3.8) is 0 Å². The van der Waals surface area contributed by atoms with E-state index in [1.54, 1.807) is 24.3 Å². The van der Waals surface area contributed by atoms with Gasteiger partial charge in [-0.05, 0) is 75.2 Å². The minimum Gasteiger partial charge on any atom is -0.465 e. The molecule has 1 atom stereocenters. The number of rotatable bonds is 8. The maximum atomic E-state index is 14.5. The molecule has 2 N–H and O–H groups in total. The summed E-state index contributed by atoms with van der Waals surface area (Å²) in [6.07, 6.45) is 2.92. The lowest BCUT2D eigenvalue weighted by molar-refractivity contribution is 0.0600. The van der Waals surface area contributed by atoms with Crippen LogP contribution in [-0.4, -0.2) is 49.7 Å². The molecule has 0 bridgehead atoms. The van der Waals surface area contributed by atoms with Crippen molar-refractivity contribution >= 4 is 23.3 Å². The van der Waals surface area contributed by atoms with Gasteiger partial charge in [-0.2, -0.15) is 0 Å². The Balaban J connectivity index is 1.83. The molecule has 2 aromatic rings. The van der Waals surface area contributed by atoms with Crippen LogP contribution in [0, 0.1) is 5.82 Å². The zero-order valence-electron chi connectivity index (χ0n) is 18.2. The van der Waals surface area contributed by atoms with Crippen LogP contribution in [0.2, 0.25) is 5.02 Å². The fourth-order valence-corrected chi connectivity index (χ4v) is 4.44. The summed E-state index contributed by atoms with van der Waals surface area (Å²) < 4.78 is 19.3. The van der Waals surface area contributed by atoms with Crippen molar-refractivity contribution in [1.82, 2.24) is 4.90 Å². The lowest BCUT2D eigenvalue weighted by Crippen LogP contribution is -2.47. The number of anilines is 1. The number of piperidine rings is 1. The SMILES string of the molecule is COC(=O)c1ccc(N(Cc2cc(Cl)ccc2F)C2CCN(C(C)CCN)CC2)cc1. The molecule has 31 heavy (non-hydrogen) atoms. The molecule has 1 aliphatic rings. The van der Waals surface area contributed by atoms with E-state index < -0.39 is 0 Å². The summed E-state index contributed by atoms with van der Waals surface area (Å²) in [6.45, 7) is 5.26. The number of nitrogens with two attached hydrogens (primary N) is 1. The molecule has 0 amide bonds. The number of esters is 1. The predicted molar refractivity (Wildman–Crippen MR) is 123 cm³/mol. The van der Waals surface area contributed by atoms with Gasteiger partial charge in [0.25, 0.3) is 0 Å². The molecule has 0 saturated carbocycles. The number of benzene rings is 2. The fourth-order valence-electron chi connectivity index (χ4n) is 4.25. The Hall–Kier alpha value is -2.15. The Morgan fingerprint density at radius 1 is 1.26 bits per heavy atom. The van der Waals surface area contributed by atoms with Gasteiger partial charge in [-0.3, -0.25) is 0 Å². The van der Waals surface area contributed by atoms with E-state index in [1.807, 2.05) is 12.1 Å². The smallest absolute Gasteiger partial charge is 0.337 e. The Labute approximate surface area is 188 Å². The van der Waals surface area contributed by atoms with E-state index >= 15 is 0 Å². The van der Waals surface area contributed by atoms with Crippen LogP contribution in [0.3, 0.4) is 0 Å². The first-order chi connectivity index (χ1) is 14.9. The second kappa shape index (κ2) is 10.9. The van der Waals surface area contributed by atoms with Crippen molar-refractivity contribution in [1.29, 1.82) is 0 Å². The quantitative estimate of drug-likeness (QED) is 0.605. The maximum absolute atomic E-state index is 14.5. The van der Waals surface area contributed by atoms with Crippen molar-refractivity contribution < 1.29 is 13.9 Å². The Bertz CT molecular complexity index is 870. The number of halogens is 2. The molecule has 1 saturated heterocycles. The minimum absolute atomic E-state index is 0.253. The lowest BCUT2D eigenvalue weighted by Gasteiger charge is -2.42. The molecule has 0 aliphatic carbocycles. The highest BCUT2D eigenvalue weighted by Crippen LogP contribution is 2.28. The van der Waals surface area contributed by atoms with Crippen molar-refractivity contribution in [2.75, 3.05) is 31.6 Å². The van der Waals surface area contributed by atoms with Gasteiger partial charge in [0.1, 0.15) is 5.82 Å². The number of nitrogens with zero attached hydrogens (tertiary/aromatic N) is 2. The standard InChI is InChI=1S/C24H31ClFN3O2/c1-17(9-12-27)28-13-10-22(11-14-28)29(16-19-15-20(25)5-8-23(19)26)21-6-3-18(4-7-21)24(30)31-2/h3-8,15,17,22H,9-14,16,27H2,1-2H3. The van der Waals surface area contributed by atoms with Crippen LogP contribution < -0.4 is 10.6 Å². The Morgan fingerprint density at radius 3 is 2.55 bits per heavy atom. The van der Waals surface area contributed by atoms with Gasteiger partial charge < -0.3 is 20.3 Å². The number of ether oxygens (including phenoxy) is 1. The monoisotopic (exact) mass is 447 g/mol. The second-order valence-corrected chi connectivity index (χ2v) is 8.53. The van der Waals surface area contributed by atoms with Gasteiger partial charge in [0.05, 0.1) is 12.7 Å². The summed E-state index contributed by atoms with van der Waals surface area (Å²) >= 11 is 6.13. The summed E-state index contributed by atoms with van der Waals surface area (Å²) in [4.78, 5) is 16.5. The molecule has 2 aromatic carbocycles. The molecule has 168 valence electrons. The highest BCUT2D eigenvalue weighted by atomic mass is 35.5. The Morgan fingerprint density at radius 2 is 1.94 bits per heavy atom. The highest BCUT2D eigenvalue weighted by molar-refractivity contribution is 6.30. The molecule has 0 radical (unpaired) electrons. The summed E-state index contributed by atoms with van der Waals surface area (Å²) in [5.41, 5.74) is 7.72. The number of hydrogen-bond donors (Lipinski definition) is 1. The third-order valence-electron chi connectivity index (χ3n) is 6.12. The molecule has 1 unspecified atom stereocenters. The first-order valence-corrected chi connectivity index (χ1v) is 11.1. The van der Waals surface area contributed by atoms with Gasteiger partial charge >= 0.3 is 5.97 Å². The zero-order chi connectivity index (χ0) is 22.4. The van der Waals surface area contributed by atoms with Crippen LogP contribution in [0.25, 0.3) is 0 Å². The van der Waals surface area contributed by atoms with Crippen molar-refractivity contribution in [3.8, 4) is 0 Å². The van der Waals surface area contributed by atoms with E-state index in [2.05, 4.69) is 16.7 Å². The number of methoxy groups -OCH3 is 1. The minimum atomic E-state index is -0.374. The van der Waals surface area contributed by atoms with Crippen LogP contribution in [-0.2, 0) is 11.3 Å². The third kappa shape index (κ3) is 5.97.